The number of H-pyrrole nitrogens is 1. The van der Waals surface area contributed by atoms with E-state index in [1.165, 1.54) is 23.6 Å². The number of carbonyl (C=O) groups is 13. The largest absolute Gasteiger partial charge is 0.481 e. The van der Waals surface area contributed by atoms with Crippen LogP contribution < -0.4 is 58.9 Å². The number of rotatable bonds is 37. The summed E-state index contributed by atoms with van der Waals surface area (Å²) in [6.45, 7) is 5.59. The first kappa shape index (κ1) is 76.3. The number of carbonyl (C=O) groups excluding carboxylic acids is 11. The number of aliphatic hydroxyl groups excluding tert-OH is 2. The Morgan fingerprint density at radius 2 is 1.12 bits per heavy atom. The molecule has 95 heavy (non-hydrogen) atoms. The molecule has 12 atom stereocenters. The highest BCUT2D eigenvalue weighted by atomic mass is 32.2. The topological polar surface area (TPSA) is 468 Å². The molecule has 11 amide bonds. The summed E-state index contributed by atoms with van der Waals surface area (Å²) in [5, 5.41) is 65.5. The number of aromatic nitrogens is 1. The van der Waals surface area contributed by atoms with E-state index in [0.29, 0.717) is 34.2 Å². The van der Waals surface area contributed by atoms with Gasteiger partial charge in [0.2, 0.25) is 65.0 Å². The number of fused-ring (bicyclic) bond motifs is 1. The second-order valence-electron chi connectivity index (χ2n) is 23.6. The minimum atomic E-state index is -1.98. The predicted octanol–water partition coefficient (Wildman–Crippen LogP) is -2.24. The van der Waals surface area contributed by atoms with Crippen LogP contribution in [-0.2, 0) is 81.6 Å². The van der Waals surface area contributed by atoms with Gasteiger partial charge in [0.1, 0.15) is 67.0 Å². The van der Waals surface area contributed by atoms with Crippen molar-refractivity contribution in [2.24, 2.45) is 11.7 Å². The monoisotopic (exact) mass is 1340 g/mol. The molecule has 0 saturated carbocycles. The van der Waals surface area contributed by atoms with E-state index in [4.69, 9.17) is 10.8 Å². The minimum Gasteiger partial charge on any atom is -0.481 e. The summed E-state index contributed by atoms with van der Waals surface area (Å²) in [7, 11) is 0. The Labute approximate surface area is 552 Å². The number of para-hydroxylation sites is 1. The number of aromatic amines is 1. The summed E-state index contributed by atoms with van der Waals surface area (Å²) >= 11 is 1.35. The normalized spacial score (nSPS) is 16.3. The van der Waals surface area contributed by atoms with Crippen molar-refractivity contribution in [1.29, 1.82) is 0 Å². The van der Waals surface area contributed by atoms with E-state index < -0.39 is 169 Å². The molecule has 1 saturated heterocycles. The maximum atomic E-state index is 14.5. The lowest BCUT2D eigenvalue weighted by atomic mass is 10.0. The molecular weight excluding hydrogens is 1250 g/mol. The van der Waals surface area contributed by atoms with Gasteiger partial charge >= 0.3 is 11.9 Å². The van der Waals surface area contributed by atoms with Crippen molar-refractivity contribution in [2.45, 2.75) is 159 Å². The third-order valence-electron chi connectivity index (χ3n) is 15.5. The zero-order valence-electron chi connectivity index (χ0n) is 53.7. The molecule has 0 spiro atoms. The number of hydrogen-bond donors (Lipinski definition) is 16. The van der Waals surface area contributed by atoms with Crippen LogP contribution in [0.1, 0.15) is 83.4 Å². The van der Waals surface area contributed by atoms with E-state index in [1.54, 1.807) is 105 Å². The second-order valence-corrected chi connectivity index (χ2v) is 24.6. The van der Waals surface area contributed by atoms with Crippen molar-refractivity contribution in [2.75, 3.05) is 31.7 Å². The van der Waals surface area contributed by atoms with Crippen LogP contribution in [0.5, 0.6) is 0 Å². The Balaban J connectivity index is 1.27. The molecule has 31 heteroatoms. The predicted molar refractivity (Wildman–Crippen MR) is 348 cm³/mol. The van der Waals surface area contributed by atoms with Gasteiger partial charge in [0.05, 0.1) is 25.2 Å². The lowest BCUT2D eigenvalue weighted by molar-refractivity contribution is -0.143. The number of nitrogens with zero attached hydrogens (tertiary/aromatic N) is 1. The Morgan fingerprint density at radius 1 is 0.579 bits per heavy atom. The fourth-order valence-electron chi connectivity index (χ4n) is 10.4. The molecule has 5 rings (SSSR count). The average molecular weight is 1340 g/mol. The van der Waals surface area contributed by atoms with E-state index in [-0.39, 0.29) is 51.0 Å². The maximum Gasteiger partial charge on any atom is 0.322 e. The van der Waals surface area contributed by atoms with Crippen LogP contribution in [-0.4, -0.2) is 211 Å². The highest BCUT2D eigenvalue weighted by molar-refractivity contribution is 7.98. The van der Waals surface area contributed by atoms with Crippen molar-refractivity contribution >= 4 is 99.6 Å². The van der Waals surface area contributed by atoms with Crippen LogP contribution >= 0.6 is 11.8 Å². The molecule has 0 radical (unpaired) electrons. The van der Waals surface area contributed by atoms with Crippen LogP contribution in [0.4, 0.5) is 0 Å². The van der Waals surface area contributed by atoms with Crippen LogP contribution in [0.25, 0.3) is 10.9 Å². The van der Waals surface area contributed by atoms with Gasteiger partial charge in [-0.25, -0.2) is 0 Å². The zero-order chi connectivity index (χ0) is 70.1. The van der Waals surface area contributed by atoms with Crippen molar-refractivity contribution < 1.29 is 82.8 Å². The summed E-state index contributed by atoms with van der Waals surface area (Å²) in [5.74, 6) is -12.9. The first-order chi connectivity index (χ1) is 45.1. The minimum absolute atomic E-state index is 0.0491. The number of likely N-dealkylation sites (tertiary alicyclic amines) is 1. The van der Waals surface area contributed by atoms with Gasteiger partial charge in [-0.2, -0.15) is 11.8 Å². The van der Waals surface area contributed by atoms with Crippen molar-refractivity contribution in [3.05, 3.63) is 108 Å². The molecule has 1 aliphatic rings. The summed E-state index contributed by atoms with van der Waals surface area (Å²) in [6.07, 6.45) is 0.968. The molecule has 17 N–H and O–H groups in total. The number of carboxylic acid groups (broad SMARTS) is 2. The van der Waals surface area contributed by atoms with Crippen LogP contribution in [0, 0.1) is 5.92 Å². The molecule has 0 unspecified atom stereocenters. The standard InChI is InChI=1S/C64H87N13O17S/c1-34(2)26-45(56(86)67-32-52(82)83)71-57(87)44(23-25-95-6)70-58(88)46(28-39-18-11-8-12-19-39)72-61(91)49(33-78)75-54(84)35(3)68-63(93)53(37(5)79)76-60(90)48(30-51(80)81)73-59(89)47(29-40-31-66-43-21-14-13-20-41(40)43)74-62(92)50-22-15-24-77(50)64(94)36(4)69-55(85)42(65)27-38-16-9-7-10-17-38/h7-14,16-21,31,34-37,42,44-50,53,66,78-79H,15,22-30,32-33,65H2,1-6H3,(H,67,86)(H,68,93)(H,69,85)(H,70,88)(H,71,87)(H,72,91)(H,73,89)(H,74,92)(H,75,84)(H,76,90)(H,80,81)(H,82,83)/t35-,36-,37+,42-,44-,45-,46-,47-,48-,49-,50-,53-/m0/s1. The molecule has 0 bridgehead atoms. The zero-order valence-corrected chi connectivity index (χ0v) is 54.5. The third kappa shape index (κ3) is 23.8. The number of thioether (sulfide) groups is 1. The molecule has 1 fully saturated rings. The Morgan fingerprint density at radius 3 is 1.72 bits per heavy atom. The van der Waals surface area contributed by atoms with Gasteiger partial charge < -0.3 is 89.2 Å². The smallest absolute Gasteiger partial charge is 0.322 e. The Hall–Kier alpha value is -9.46. The number of benzene rings is 3. The van der Waals surface area contributed by atoms with E-state index in [9.17, 15) is 77.6 Å². The van der Waals surface area contributed by atoms with E-state index in [1.807, 2.05) is 6.07 Å². The van der Waals surface area contributed by atoms with Crippen molar-refractivity contribution in [1.82, 2.24) is 63.1 Å². The number of carboxylic acids is 2. The van der Waals surface area contributed by atoms with Crippen LogP contribution in [0.15, 0.2) is 91.1 Å². The molecule has 0 aliphatic carbocycles. The molecule has 3 aromatic carbocycles. The van der Waals surface area contributed by atoms with Crippen LogP contribution in [0.3, 0.4) is 0 Å². The molecule has 4 aromatic rings. The summed E-state index contributed by atoms with van der Waals surface area (Å²) in [4.78, 5) is 180. The Bertz CT molecular complexity index is 3340. The second kappa shape index (κ2) is 37.4. The number of nitrogens with two attached hydrogens (primary N) is 1. The van der Waals surface area contributed by atoms with E-state index >= 15 is 0 Å². The fourth-order valence-corrected chi connectivity index (χ4v) is 10.9. The highest BCUT2D eigenvalue weighted by Gasteiger charge is 2.40. The molecule has 2 heterocycles. The van der Waals surface area contributed by atoms with E-state index in [0.717, 1.165) is 19.4 Å². The third-order valence-corrected chi connectivity index (χ3v) is 16.1. The van der Waals surface area contributed by atoms with Gasteiger partial charge in [0.15, 0.2) is 0 Å². The number of aliphatic carboxylic acids is 2. The number of amides is 11. The Kier molecular flexibility index (Phi) is 30.0. The van der Waals surface area contributed by atoms with Gasteiger partial charge in [0.25, 0.3) is 0 Å². The lowest BCUT2D eigenvalue weighted by Crippen LogP contribution is -2.62. The molecule has 30 nitrogen and oxygen atoms in total. The van der Waals surface area contributed by atoms with Gasteiger partial charge in [0, 0.05) is 36.5 Å². The molecule has 516 valence electrons. The van der Waals surface area contributed by atoms with Gasteiger partial charge in [-0.3, -0.25) is 62.3 Å². The number of aliphatic hydroxyl groups is 2. The maximum absolute atomic E-state index is 14.5. The van der Waals surface area contributed by atoms with Crippen LogP contribution in [0.2, 0.25) is 0 Å². The number of nitrogens with one attached hydrogen (secondary N) is 11. The first-order valence-electron chi connectivity index (χ1n) is 31.0. The molecular formula is C64H87N13O17S. The van der Waals surface area contributed by atoms with E-state index in [2.05, 4.69) is 58.2 Å². The highest BCUT2D eigenvalue weighted by Crippen LogP contribution is 2.22. The summed E-state index contributed by atoms with van der Waals surface area (Å²) < 4.78 is 0. The molecule has 1 aliphatic heterocycles. The fraction of sp³-hybridized carbons (Fsp3) is 0.484. The quantitative estimate of drug-likeness (QED) is 0.0227. The van der Waals surface area contributed by atoms with Crippen molar-refractivity contribution in [3.8, 4) is 0 Å². The molecule has 1 aromatic heterocycles. The van der Waals surface area contributed by atoms with Gasteiger partial charge in [-0.05, 0) is 93.6 Å². The summed E-state index contributed by atoms with van der Waals surface area (Å²) in [6, 6.07) is 8.32. The lowest BCUT2D eigenvalue weighted by Gasteiger charge is -2.29. The number of hydrogen-bond acceptors (Lipinski definition) is 17. The summed E-state index contributed by atoms with van der Waals surface area (Å²) in [5.41, 5.74) is 8.69. The van der Waals surface area contributed by atoms with Gasteiger partial charge in [-0.1, -0.05) is 92.7 Å². The first-order valence-corrected chi connectivity index (χ1v) is 32.4. The van der Waals surface area contributed by atoms with Gasteiger partial charge in [-0.15, -0.1) is 0 Å². The van der Waals surface area contributed by atoms with Crippen molar-refractivity contribution in [3.63, 3.8) is 0 Å². The SMILES string of the molecule is CSCC[C@H](NC(=O)[C@H](Cc1ccccc1)NC(=O)[C@H](CO)NC(=O)[C@H](C)NC(=O)[C@@H](NC(=O)[C@H](CC(=O)O)NC(=O)[C@H](Cc1c[nH]c2ccccc12)NC(=O)[C@@H]1CCCN1C(=O)[C@H](C)NC(=O)[C@@H](N)Cc1ccccc1)[C@@H](C)O)C(=O)N[C@@H](CC(C)C)C(=O)NCC(=O)O. The average Bonchev–Trinajstić information content (AvgIpc) is 1.73.